The topological polar surface area (TPSA) is 90.3 Å². The van der Waals surface area contributed by atoms with E-state index in [1.165, 1.54) is 6.07 Å². The van der Waals surface area contributed by atoms with E-state index in [4.69, 9.17) is 5.26 Å². The maximum absolute atomic E-state index is 15.0. The Labute approximate surface area is 159 Å². The van der Waals surface area contributed by atoms with Crippen molar-refractivity contribution in [3.63, 3.8) is 0 Å². The molecule has 0 amide bonds. The minimum atomic E-state index is -3.54. The molecule has 0 aliphatic carbocycles. The molecule has 0 saturated heterocycles. The van der Waals surface area contributed by atoms with E-state index in [1.807, 2.05) is 6.07 Å². The van der Waals surface area contributed by atoms with E-state index in [0.29, 0.717) is 10.9 Å². The second-order valence-electron chi connectivity index (χ2n) is 5.90. The molecule has 4 rings (SSSR count). The molecule has 2 heterocycles. The van der Waals surface area contributed by atoms with Gasteiger partial charge in [0.25, 0.3) is 0 Å². The number of fused-ring (bicyclic) bond motifs is 1. The van der Waals surface area contributed by atoms with Crippen LogP contribution in [0.4, 0.5) is 24.8 Å². The van der Waals surface area contributed by atoms with E-state index in [-0.39, 0.29) is 20.2 Å². The summed E-state index contributed by atoms with van der Waals surface area (Å²) in [6, 6.07) is 13.9. The summed E-state index contributed by atoms with van der Waals surface area (Å²) in [5, 5.41) is 18.6. The fraction of sp³-hybridized carbons (Fsp3) is 0.0526. The summed E-state index contributed by atoms with van der Waals surface area (Å²) in [6.07, 6.45) is 0. The van der Waals surface area contributed by atoms with Crippen molar-refractivity contribution in [2.45, 2.75) is 5.92 Å². The van der Waals surface area contributed by atoms with Crippen molar-refractivity contribution in [1.29, 1.82) is 5.26 Å². The third-order valence-electron chi connectivity index (χ3n) is 4.04. The number of hydrogen-bond acceptors (Lipinski definition) is 5. The summed E-state index contributed by atoms with van der Waals surface area (Å²) in [5.74, 6) is -4.54. The van der Waals surface area contributed by atoms with E-state index in [2.05, 4.69) is 25.5 Å². The summed E-state index contributed by atoms with van der Waals surface area (Å²) < 4.78 is 43.1. The zero-order valence-corrected chi connectivity index (χ0v) is 14.1. The minimum Gasteiger partial charge on any atom is -0.323 e. The summed E-state index contributed by atoms with van der Waals surface area (Å²) in [5.41, 5.74) is 0.0761. The van der Waals surface area contributed by atoms with Crippen molar-refractivity contribution >= 4 is 22.5 Å². The monoisotopic (exact) mass is 384 g/mol. The van der Waals surface area contributed by atoms with Gasteiger partial charge in [0, 0.05) is 19.9 Å². The Morgan fingerprint density at radius 1 is 1.07 bits per heavy atom. The first-order valence-electron chi connectivity index (χ1n) is 8.11. The van der Waals surface area contributed by atoms with Gasteiger partial charge in [0.15, 0.2) is 5.82 Å². The molecule has 0 bridgehead atoms. The van der Waals surface area contributed by atoms with Crippen LogP contribution in [0.2, 0.25) is 0 Å². The summed E-state index contributed by atoms with van der Waals surface area (Å²) >= 11 is 0. The number of nitrogens with zero attached hydrogens (tertiary/aromatic N) is 4. The van der Waals surface area contributed by atoms with Crippen LogP contribution < -0.4 is 5.32 Å². The number of para-hydroxylation sites is 1. The van der Waals surface area contributed by atoms with Gasteiger partial charge in [0.05, 0.1) is 5.52 Å². The van der Waals surface area contributed by atoms with Crippen LogP contribution in [0.15, 0.2) is 54.6 Å². The molecule has 2 aromatic carbocycles. The first-order valence-corrected chi connectivity index (χ1v) is 8.11. The lowest BCUT2D eigenvalue weighted by atomic mass is 10.1. The molecule has 9 heteroatoms. The van der Waals surface area contributed by atoms with Gasteiger partial charge in [-0.15, -0.1) is 0 Å². The molecule has 0 fully saturated rings. The molecule has 0 radical (unpaired) electrons. The molecule has 28 heavy (non-hydrogen) atoms. The first-order chi connectivity index (χ1) is 13.5. The van der Waals surface area contributed by atoms with E-state index in [0.717, 1.165) is 24.3 Å². The highest BCUT2D eigenvalue weighted by Gasteiger charge is 2.38. The van der Waals surface area contributed by atoms with Gasteiger partial charge in [-0.3, -0.25) is 5.10 Å². The molecule has 2 N–H and O–H groups in total. The maximum Gasteiger partial charge on any atom is 0.331 e. The van der Waals surface area contributed by atoms with Gasteiger partial charge in [-0.1, -0.05) is 12.1 Å². The lowest BCUT2D eigenvalue weighted by Gasteiger charge is -2.17. The zero-order chi connectivity index (χ0) is 19.7. The predicted octanol–water partition coefficient (Wildman–Crippen LogP) is 4.74. The first kappa shape index (κ1) is 17.5. The summed E-state index contributed by atoms with van der Waals surface area (Å²) in [4.78, 5) is 7.99. The number of halogens is 3. The highest BCUT2D eigenvalue weighted by Crippen LogP contribution is 2.36. The molecule has 0 aliphatic heterocycles. The normalized spacial score (nSPS) is 11.4. The van der Waals surface area contributed by atoms with Crippen LogP contribution in [0.1, 0.15) is 19.9 Å². The molecular weight excluding hydrogens is 369 g/mol. The quantitative estimate of drug-likeness (QED) is 0.530. The van der Waals surface area contributed by atoms with Crippen molar-refractivity contribution in [1.82, 2.24) is 20.2 Å². The fourth-order valence-corrected chi connectivity index (χ4v) is 2.66. The molecule has 0 spiro atoms. The van der Waals surface area contributed by atoms with Crippen LogP contribution in [0.5, 0.6) is 0 Å². The van der Waals surface area contributed by atoms with Gasteiger partial charge in [0.2, 0.25) is 5.82 Å². The average Bonchev–Trinajstić information content (AvgIpc) is 3.16. The van der Waals surface area contributed by atoms with Gasteiger partial charge in [0.1, 0.15) is 23.4 Å². The van der Waals surface area contributed by atoms with Crippen LogP contribution in [-0.4, -0.2) is 20.2 Å². The highest BCUT2D eigenvalue weighted by molar-refractivity contribution is 5.90. The van der Waals surface area contributed by atoms with Crippen LogP contribution in [0, 0.1) is 17.1 Å². The van der Waals surface area contributed by atoms with Crippen molar-refractivity contribution in [2.75, 3.05) is 5.32 Å². The minimum absolute atomic E-state index is 0. The smallest absolute Gasteiger partial charge is 0.323 e. The number of anilines is 2. The molecule has 0 aliphatic rings. The van der Waals surface area contributed by atoms with Gasteiger partial charge in [-0.2, -0.15) is 19.1 Å². The number of nitriles is 1. The van der Waals surface area contributed by atoms with Crippen LogP contribution in [0.3, 0.4) is 0 Å². The lowest BCUT2D eigenvalue weighted by molar-refractivity contribution is 0.0333. The van der Waals surface area contributed by atoms with Crippen molar-refractivity contribution in [3.8, 4) is 6.07 Å². The molecule has 2 aromatic heterocycles. The average molecular weight is 384 g/mol. The number of aromatic nitrogens is 4. The Hall–Kier alpha value is -3.93. The highest BCUT2D eigenvalue weighted by atomic mass is 19.3. The summed E-state index contributed by atoms with van der Waals surface area (Å²) in [7, 11) is 0. The van der Waals surface area contributed by atoms with Crippen LogP contribution in [0.25, 0.3) is 10.9 Å². The van der Waals surface area contributed by atoms with Crippen molar-refractivity contribution in [2.24, 2.45) is 0 Å². The Bertz CT molecular complexity index is 1210. The third-order valence-corrected chi connectivity index (χ3v) is 4.04. The number of hydrogen-bond donors (Lipinski definition) is 2. The molecular formula is C19H15F3N6. The molecule has 6 nitrogen and oxygen atoms in total. The number of H-pyrrole nitrogens is 1. The maximum atomic E-state index is 15.0. The van der Waals surface area contributed by atoms with Gasteiger partial charge < -0.3 is 5.32 Å². The Balaban J connectivity index is 0.00000160. The van der Waals surface area contributed by atoms with E-state index < -0.39 is 23.1 Å². The second-order valence-corrected chi connectivity index (χ2v) is 5.90. The molecule has 0 unspecified atom stereocenters. The SMILES string of the molecule is N#Cc1cc(Nc2nc(C(F)(F)c3ccc(F)cc3)nc3ccccc23)n[nH]1.[HH].[HH]. The largest absolute Gasteiger partial charge is 0.331 e. The summed E-state index contributed by atoms with van der Waals surface area (Å²) in [6.45, 7) is 0. The van der Waals surface area contributed by atoms with Crippen LogP contribution >= 0.6 is 0 Å². The molecule has 0 atom stereocenters. The Morgan fingerprint density at radius 3 is 2.54 bits per heavy atom. The number of nitrogens with one attached hydrogen (secondary N) is 2. The van der Waals surface area contributed by atoms with Crippen molar-refractivity contribution < 1.29 is 16.0 Å². The predicted molar refractivity (Wildman–Crippen MR) is 99.7 cm³/mol. The molecule has 0 saturated carbocycles. The second kappa shape index (κ2) is 6.66. The number of alkyl halides is 2. The van der Waals surface area contributed by atoms with E-state index in [1.54, 1.807) is 24.3 Å². The van der Waals surface area contributed by atoms with Crippen molar-refractivity contribution in [3.05, 3.63) is 77.5 Å². The number of aromatic amines is 1. The standard InChI is InChI=1S/C19H11F3N6.2H2/c20-12-7-5-11(6-8-12)19(21,22)18-24-15-4-2-1-3-14(15)17(26-18)25-16-9-13(10-23)27-28-16;;/h1-9H,(H2,24,25,26,27,28);2*1H. The third kappa shape index (κ3) is 3.12. The molecule has 142 valence electrons. The Morgan fingerprint density at radius 2 is 1.82 bits per heavy atom. The van der Waals surface area contributed by atoms with Gasteiger partial charge in [-0.05, 0) is 36.4 Å². The Kier molecular flexibility index (Phi) is 4.16. The lowest BCUT2D eigenvalue weighted by Crippen LogP contribution is -2.20. The van der Waals surface area contributed by atoms with E-state index >= 15 is 0 Å². The number of rotatable bonds is 4. The fourth-order valence-electron chi connectivity index (χ4n) is 2.66. The van der Waals surface area contributed by atoms with Crippen LogP contribution in [-0.2, 0) is 5.92 Å². The molecule has 4 aromatic rings. The zero-order valence-electron chi connectivity index (χ0n) is 14.1. The van der Waals surface area contributed by atoms with Gasteiger partial charge >= 0.3 is 5.92 Å². The number of benzene rings is 2. The van der Waals surface area contributed by atoms with Gasteiger partial charge in [-0.25, -0.2) is 14.4 Å². The van der Waals surface area contributed by atoms with E-state index in [9.17, 15) is 13.2 Å².